The Labute approximate surface area is 436 Å². The van der Waals surface area contributed by atoms with E-state index >= 15 is 0 Å². The smallest absolute Gasteiger partial charge is 0.306 e. The van der Waals surface area contributed by atoms with Crippen LogP contribution in [-0.4, -0.2) is 67.6 Å². The van der Waals surface area contributed by atoms with E-state index in [-0.39, 0.29) is 108 Å². The maximum atomic E-state index is 11.1. The normalized spacial score (nSPS) is 11.5. The molecule has 74 heavy (non-hydrogen) atoms. The van der Waals surface area contributed by atoms with Gasteiger partial charge in [-0.15, -0.1) is 0 Å². The number of ether oxygens (including phenoxy) is 4. The highest BCUT2D eigenvalue weighted by molar-refractivity contribution is 6.32. The highest BCUT2D eigenvalue weighted by Crippen LogP contribution is 2.35. The van der Waals surface area contributed by atoms with Crippen molar-refractivity contribution in [1.29, 1.82) is 21.0 Å². The number of hydrogen-bond donors (Lipinski definition) is 6. The van der Waals surface area contributed by atoms with Gasteiger partial charge in [0.25, 0.3) is 0 Å². The third-order valence-electron chi connectivity index (χ3n) is 11.3. The topological polar surface area (TPSA) is 297 Å². The molecule has 4 aromatic carbocycles. The lowest BCUT2D eigenvalue weighted by molar-refractivity contribution is -0.140. The van der Waals surface area contributed by atoms with Crippen molar-refractivity contribution < 1.29 is 49.0 Å². The number of carboxylic acids is 2. The molecule has 2 heterocycles. The van der Waals surface area contributed by atoms with Crippen LogP contribution in [0.15, 0.2) is 84.9 Å². The Hall–Kier alpha value is -8.30. The Morgan fingerprint density at radius 1 is 0.541 bits per heavy atom. The van der Waals surface area contributed by atoms with Crippen molar-refractivity contribution in [3.8, 4) is 58.9 Å². The van der Waals surface area contributed by atoms with Gasteiger partial charge in [-0.2, -0.15) is 31.0 Å². The zero-order chi connectivity index (χ0) is 53.3. The number of benzene rings is 4. The number of pyridine rings is 2. The number of aromatic nitrogens is 2. The molecular formula is C54H48Cl2N8O10. The summed E-state index contributed by atoms with van der Waals surface area (Å²) in [7, 11) is 0. The van der Waals surface area contributed by atoms with E-state index in [1.54, 1.807) is 36.4 Å². The fraction of sp³-hybridized carbons (Fsp3) is 0.259. The van der Waals surface area contributed by atoms with Crippen LogP contribution in [0.4, 0.5) is 0 Å². The lowest BCUT2D eigenvalue weighted by Crippen LogP contribution is -2.28. The average Bonchev–Trinajstić information content (AvgIpc) is 3.37. The van der Waals surface area contributed by atoms with Crippen LogP contribution in [0.2, 0.25) is 10.0 Å². The molecule has 2 aromatic heterocycles. The van der Waals surface area contributed by atoms with Crippen molar-refractivity contribution in [3.63, 3.8) is 0 Å². The molecule has 0 radical (unpaired) electrons. The number of aliphatic hydroxyl groups excluding tert-OH is 2. The van der Waals surface area contributed by atoms with Crippen LogP contribution in [0, 0.1) is 59.2 Å². The Morgan fingerprint density at radius 2 is 0.892 bits per heavy atom. The van der Waals surface area contributed by atoms with E-state index in [1.807, 2.05) is 74.5 Å². The number of hydrogen-bond acceptors (Lipinski definition) is 16. The van der Waals surface area contributed by atoms with Gasteiger partial charge in [-0.3, -0.25) is 9.59 Å². The lowest BCUT2D eigenvalue weighted by Gasteiger charge is -2.18. The molecule has 0 spiro atoms. The first kappa shape index (κ1) is 55.0. The Bertz CT molecular complexity index is 2940. The van der Waals surface area contributed by atoms with Gasteiger partial charge in [0.05, 0.1) is 71.6 Å². The van der Waals surface area contributed by atoms with E-state index in [0.717, 1.165) is 33.4 Å². The fourth-order valence-corrected chi connectivity index (χ4v) is 8.11. The van der Waals surface area contributed by atoms with Crippen LogP contribution in [0.5, 0.6) is 23.5 Å². The number of nitrogens with one attached hydrogen (secondary N) is 2. The summed E-state index contributed by atoms with van der Waals surface area (Å²) in [6.45, 7) is 3.98. The van der Waals surface area contributed by atoms with E-state index in [0.29, 0.717) is 22.3 Å². The number of nitriles is 4. The SMILES string of the molecule is Cc1c(COc2nc(OCc3cc(C#N)cc(C#N)c3)c(CNC[C@@H](O)CC(=O)O)cc2Cl)cccc1-c1cccc(COc2nc(OCc3cc(C#N)cc(C#N)c3)c(CNC[C@@H](O)CC(=O)O)cc2Cl)c1C. The third kappa shape index (κ3) is 15.4. The van der Waals surface area contributed by atoms with Gasteiger partial charge in [-0.25, -0.2) is 0 Å². The van der Waals surface area contributed by atoms with Crippen molar-refractivity contribution in [3.05, 3.63) is 162 Å². The monoisotopic (exact) mass is 1040 g/mol. The minimum absolute atomic E-state index is 0.0419. The highest BCUT2D eigenvalue weighted by atomic mass is 35.5. The summed E-state index contributed by atoms with van der Waals surface area (Å²) in [5, 5.41) is 82.6. The first-order valence-corrected chi connectivity index (χ1v) is 23.5. The second-order valence-corrected chi connectivity index (χ2v) is 17.7. The molecule has 378 valence electrons. The molecule has 0 amide bonds. The zero-order valence-corrected chi connectivity index (χ0v) is 41.5. The van der Waals surface area contributed by atoms with Crippen LogP contribution in [0.25, 0.3) is 11.1 Å². The highest BCUT2D eigenvalue weighted by Gasteiger charge is 2.20. The maximum Gasteiger partial charge on any atom is 0.306 e. The summed E-state index contributed by atoms with van der Waals surface area (Å²) in [5.41, 5.74) is 8.39. The number of halogens is 2. The van der Waals surface area contributed by atoms with E-state index in [4.69, 9.17) is 52.4 Å². The molecule has 0 aliphatic heterocycles. The second kappa shape index (κ2) is 26.4. The van der Waals surface area contributed by atoms with Gasteiger partial charge < -0.3 is 50.0 Å². The van der Waals surface area contributed by atoms with Crippen LogP contribution in [-0.2, 0) is 49.1 Å². The summed E-state index contributed by atoms with van der Waals surface area (Å²) in [6, 6.07) is 32.2. The zero-order valence-electron chi connectivity index (χ0n) is 40.0. The van der Waals surface area contributed by atoms with Gasteiger partial charge in [0.2, 0.25) is 23.5 Å². The molecule has 0 unspecified atom stereocenters. The predicted molar refractivity (Wildman–Crippen MR) is 269 cm³/mol. The number of carboxylic acid groups (broad SMARTS) is 2. The number of rotatable bonds is 25. The third-order valence-corrected chi connectivity index (χ3v) is 11.9. The number of aliphatic hydroxyl groups is 2. The Balaban J connectivity index is 1.20. The largest absolute Gasteiger partial charge is 0.481 e. The first-order valence-electron chi connectivity index (χ1n) is 22.7. The number of aliphatic carboxylic acids is 2. The minimum atomic E-state index is -1.15. The first-order chi connectivity index (χ1) is 35.6. The quantitative estimate of drug-likeness (QED) is 0.0320. The van der Waals surface area contributed by atoms with Gasteiger partial charge >= 0.3 is 11.9 Å². The number of carbonyl (C=O) groups is 2. The molecule has 0 aliphatic rings. The molecular weight excluding hydrogens is 992 g/mol. The van der Waals surface area contributed by atoms with Crippen molar-refractivity contribution in [2.24, 2.45) is 0 Å². The molecule has 2 atom stereocenters. The van der Waals surface area contributed by atoms with Gasteiger partial charge in [-0.05, 0) is 107 Å². The van der Waals surface area contributed by atoms with E-state index in [9.17, 15) is 40.8 Å². The second-order valence-electron chi connectivity index (χ2n) is 16.9. The summed E-state index contributed by atoms with van der Waals surface area (Å²) in [5.74, 6) is -1.96. The summed E-state index contributed by atoms with van der Waals surface area (Å²) in [6.07, 6.45) is -3.21. The molecule has 6 N–H and O–H groups in total. The predicted octanol–water partition coefficient (Wildman–Crippen LogP) is 7.72. The van der Waals surface area contributed by atoms with Crippen LogP contribution in [0.3, 0.4) is 0 Å². The molecule has 0 bridgehead atoms. The average molecular weight is 1040 g/mol. The van der Waals surface area contributed by atoms with Crippen molar-refractivity contribution >= 4 is 35.1 Å². The van der Waals surface area contributed by atoms with E-state index in [2.05, 4.69) is 20.6 Å². The maximum absolute atomic E-state index is 11.1. The molecule has 6 aromatic rings. The Kier molecular flexibility index (Phi) is 19.6. The molecule has 0 saturated heterocycles. The molecule has 18 nitrogen and oxygen atoms in total. The van der Waals surface area contributed by atoms with Crippen molar-refractivity contribution in [2.75, 3.05) is 13.1 Å². The summed E-state index contributed by atoms with van der Waals surface area (Å²) < 4.78 is 24.7. The molecule has 6 rings (SSSR count). The minimum Gasteiger partial charge on any atom is -0.481 e. The molecule has 0 saturated carbocycles. The fourth-order valence-electron chi connectivity index (χ4n) is 7.66. The van der Waals surface area contributed by atoms with E-state index < -0.39 is 37.0 Å². The molecule has 20 heteroatoms. The van der Waals surface area contributed by atoms with Crippen LogP contribution < -0.4 is 29.6 Å². The van der Waals surface area contributed by atoms with Crippen LogP contribution >= 0.6 is 23.2 Å². The Morgan fingerprint density at radius 3 is 1.23 bits per heavy atom. The molecule has 0 aliphatic carbocycles. The number of nitrogens with zero attached hydrogens (tertiary/aromatic N) is 6. The van der Waals surface area contributed by atoms with Crippen molar-refractivity contribution in [2.45, 2.75) is 78.4 Å². The van der Waals surface area contributed by atoms with Gasteiger partial charge in [0, 0.05) is 37.3 Å². The summed E-state index contributed by atoms with van der Waals surface area (Å²) >= 11 is 13.5. The van der Waals surface area contributed by atoms with Gasteiger partial charge in [0.15, 0.2) is 0 Å². The van der Waals surface area contributed by atoms with Gasteiger partial charge in [-0.1, -0.05) is 59.6 Å². The van der Waals surface area contributed by atoms with E-state index in [1.165, 1.54) is 12.1 Å². The lowest BCUT2D eigenvalue weighted by atomic mass is 9.92. The van der Waals surface area contributed by atoms with Gasteiger partial charge in [0.1, 0.15) is 36.5 Å². The summed E-state index contributed by atoms with van der Waals surface area (Å²) in [4.78, 5) is 31.4. The van der Waals surface area contributed by atoms with Crippen molar-refractivity contribution in [1.82, 2.24) is 20.6 Å². The van der Waals surface area contributed by atoms with Crippen LogP contribution in [0.1, 0.15) is 79.6 Å². The molecule has 0 fully saturated rings. The standard InChI is InChI=1S/C54H48Cl2N8O10/c1-31-39(29-73-53-47(55)15-41(23-61-25-43(65)17-49(67)68)51(63-53)71-27-37-11-33(19-57)9-34(12-37)20-58)5-3-7-45(31)46-8-4-6-40(32(46)2)30-74-54-48(56)16-42(24-62-26-44(66)18-50(69)70)52(64-54)72-28-38-13-35(21-59)10-36(14-38)22-60/h3-16,43-44,61-62,65-66H,17-18,23-30H2,1-2H3,(H,67,68)(H,69,70)/t43-,44-/m0/s1.